The summed E-state index contributed by atoms with van der Waals surface area (Å²) >= 11 is 3.27. The molecule has 0 fully saturated rings. The quantitative estimate of drug-likeness (QED) is 0.572. The number of halogens is 1. The highest BCUT2D eigenvalue weighted by Crippen LogP contribution is 2.39. The molecule has 0 saturated carbocycles. The minimum Gasteiger partial charge on any atom is -0.503 e. The molecule has 0 radical (unpaired) electrons. The average molecular weight is 461 g/mol. The Morgan fingerprint density at radius 3 is 2.66 bits per heavy atom. The van der Waals surface area contributed by atoms with E-state index in [0.29, 0.717) is 22.2 Å². The Morgan fingerprint density at radius 1 is 1.24 bits per heavy atom. The number of esters is 1. The van der Waals surface area contributed by atoms with Crippen molar-refractivity contribution in [1.82, 2.24) is 10.6 Å². The van der Waals surface area contributed by atoms with Crippen LogP contribution in [0, 0.1) is 0 Å². The van der Waals surface area contributed by atoms with Crippen LogP contribution in [0.2, 0.25) is 0 Å². The summed E-state index contributed by atoms with van der Waals surface area (Å²) < 4.78 is 11.0. The van der Waals surface area contributed by atoms with Crippen molar-refractivity contribution in [2.24, 2.45) is 0 Å². The average Bonchev–Trinajstić information content (AvgIpc) is 2.70. The van der Waals surface area contributed by atoms with Crippen molar-refractivity contribution in [3.8, 4) is 11.5 Å². The Balaban J connectivity index is 1.84. The SMILES string of the molecule is COc1cc(C2NC(=O)NC(C)=C2C(=O)OCCc2ccccc2)cc(Br)c1O. The molecule has 0 aliphatic carbocycles. The standard InChI is InChI=1S/C21H21BrN2O5/c1-12-17(20(26)29-9-8-13-6-4-3-5-7-13)18(24-21(27)23-12)14-10-15(22)19(25)16(11-14)28-2/h3-7,10-11,18,25H,8-9H2,1-2H3,(H2,23,24,27). The lowest BCUT2D eigenvalue weighted by molar-refractivity contribution is -0.139. The van der Waals surface area contributed by atoms with Crippen LogP contribution in [-0.4, -0.2) is 30.8 Å². The monoisotopic (exact) mass is 460 g/mol. The fourth-order valence-electron chi connectivity index (χ4n) is 3.11. The summed E-state index contributed by atoms with van der Waals surface area (Å²) in [6.45, 7) is 1.86. The van der Waals surface area contributed by atoms with Crippen LogP contribution in [-0.2, 0) is 16.0 Å². The molecule has 2 amide bonds. The van der Waals surface area contributed by atoms with Crippen molar-refractivity contribution < 1.29 is 24.2 Å². The van der Waals surface area contributed by atoms with E-state index in [9.17, 15) is 14.7 Å². The number of amides is 2. The number of hydrogen-bond acceptors (Lipinski definition) is 5. The molecule has 1 aliphatic heterocycles. The number of phenolic OH excluding ortho intramolecular Hbond substituents is 1. The smallest absolute Gasteiger partial charge is 0.338 e. The van der Waals surface area contributed by atoms with Crippen molar-refractivity contribution >= 4 is 27.9 Å². The lowest BCUT2D eigenvalue weighted by Gasteiger charge is -2.28. The van der Waals surface area contributed by atoms with Crippen LogP contribution in [0.1, 0.15) is 24.1 Å². The topological polar surface area (TPSA) is 96.9 Å². The van der Waals surface area contributed by atoms with Gasteiger partial charge >= 0.3 is 12.0 Å². The molecule has 2 aromatic rings. The molecule has 7 nitrogen and oxygen atoms in total. The van der Waals surface area contributed by atoms with E-state index in [2.05, 4.69) is 26.6 Å². The molecule has 0 aromatic heterocycles. The Morgan fingerprint density at radius 2 is 1.97 bits per heavy atom. The Hall–Kier alpha value is -3.00. The van der Waals surface area contributed by atoms with E-state index in [0.717, 1.165) is 5.56 Å². The maximum atomic E-state index is 12.8. The molecule has 8 heteroatoms. The highest BCUT2D eigenvalue weighted by atomic mass is 79.9. The van der Waals surface area contributed by atoms with E-state index < -0.39 is 18.0 Å². The van der Waals surface area contributed by atoms with Gasteiger partial charge in [0.05, 0.1) is 29.8 Å². The lowest BCUT2D eigenvalue weighted by atomic mass is 9.95. The van der Waals surface area contributed by atoms with E-state index in [-0.39, 0.29) is 23.7 Å². The first kappa shape index (κ1) is 20.7. The zero-order valence-electron chi connectivity index (χ0n) is 16.0. The van der Waals surface area contributed by atoms with Crippen molar-refractivity contribution in [3.63, 3.8) is 0 Å². The molecule has 2 aromatic carbocycles. The van der Waals surface area contributed by atoms with Crippen LogP contribution in [0.5, 0.6) is 11.5 Å². The molecule has 1 atom stereocenters. The summed E-state index contributed by atoms with van der Waals surface area (Å²) in [5.41, 5.74) is 2.32. The predicted octanol–water partition coefficient (Wildman–Crippen LogP) is 3.58. The van der Waals surface area contributed by atoms with Gasteiger partial charge in [-0.3, -0.25) is 0 Å². The largest absolute Gasteiger partial charge is 0.503 e. The van der Waals surface area contributed by atoms with E-state index in [1.165, 1.54) is 7.11 Å². The fraction of sp³-hybridized carbons (Fsp3) is 0.238. The Bertz CT molecular complexity index is 959. The van der Waals surface area contributed by atoms with Gasteiger partial charge in [0.15, 0.2) is 11.5 Å². The third kappa shape index (κ3) is 4.71. The van der Waals surface area contributed by atoms with Crippen molar-refractivity contribution in [1.29, 1.82) is 0 Å². The first-order valence-electron chi connectivity index (χ1n) is 8.96. The minimum atomic E-state index is -0.751. The van der Waals surface area contributed by atoms with Gasteiger partial charge in [-0.2, -0.15) is 0 Å². The molecule has 1 heterocycles. The van der Waals surface area contributed by atoms with E-state index in [1.54, 1.807) is 19.1 Å². The van der Waals surface area contributed by atoms with Crippen LogP contribution in [0.15, 0.2) is 58.2 Å². The Kier molecular flexibility index (Phi) is 6.43. The molecule has 3 rings (SSSR count). The predicted molar refractivity (Wildman–Crippen MR) is 111 cm³/mol. The zero-order valence-corrected chi connectivity index (χ0v) is 17.6. The van der Waals surface area contributed by atoms with Crippen LogP contribution >= 0.6 is 15.9 Å². The summed E-state index contributed by atoms with van der Waals surface area (Å²) in [6, 6.07) is 11.7. The van der Waals surface area contributed by atoms with Crippen LogP contribution in [0.3, 0.4) is 0 Å². The van der Waals surface area contributed by atoms with Crippen molar-refractivity contribution in [2.75, 3.05) is 13.7 Å². The summed E-state index contributed by atoms with van der Waals surface area (Å²) in [7, 11) is 1.42. The number of methoxy groups -OCH3 is 1. The fourth-order valence-corrected chi connectivity index (χ4v) is 3.57. The van der Waals surface area contributed by atoms with Gasteiger partial charge in [0.1, 0.15) is 0 Å². The maximum absolute atomic E-state index is 12.8. The molecule has 152 valence electrons. The number of hydrogen-bond donors (Lipinski definition) is 3. The number of phenols is 1. The number of rotatable bonds is 6. The summed E-state index contributed by atoms with van der Waals surface area (Å²) in [4.78, 5) is 24.9. The van der Waals surface area contributed by atoms with E-state index >= 15 is 0 Å². The van der Waals surface area contributed by atoms with Gasteiger partial charge in [0.25, 0.3) is 0 Å². The second-order valence-electron chi connectivity index (χ2n) is 6.50. The lowest BCUT2D eigenvalue weighted by Crippen LogP contribution is -2.45. The number of benzene rings is 2. The number of nitrogens with one attached hydrogen (secondary N) is 2. The number of carbonyl (C=O) groups is 2. The van der Waals surface area contributed by atoms with Gasteiger partial charge < -0.3 is 25.2 Å². The number of carbonyl (C=O) groups excluding carboxylic acids is 2. The number of ether oxygens (including phenoxy) is 2. The first-order valence-corrected chi connectivity index (χ1v) is 9.75. The van der Waals surface area contributed by atoms with E-state index in [1.807, 2.05) is 30.3 Å². The second kappa shape index (κ2) is 9.00. The summed E-state index contributed by atoms with van der Waals surface area (Å²) in [5, 5.41) is 15.4. The van der Waals surface area contributed by atoms with Crippen LogP contribution in [0.25, 0.3) is 0 Å². The molecule has 1 unspecified atom stereocenters. The van der Waals surface area contributed by atoms with Crippen LogP contribution in [0.4, 0.5) is 4.79 Å². The van der Waals surface area contributed by atoms with Gasteiger partial charge in [-0.1, -0.05) is 30.3 Å². The molecule has 0 saturated heterocycles. The van der Waals surface area contributed by atoms with Crippen LogP contribution < -0.4 is 15.4 Å². The minimum absolute atomic E-state index is 0.0656. The highest BCUT2D eigenvalue weighted by Gasteiger charge is 2.33. The molecule has 29 heavy (non-hydrogen) atoms. The molecule has 3 N–H and O–H groups in total. The Labute approximate surface area is 176 Å². The molecule has 0 bridgehead atoms. The van der Waals surface area contributed by atoms with Gasteiger partial charge in [0, 0.05) is 12.1 Å². The second-order valence-corrected chi connectivity index (χ2v) is 7.35. The number of allylic oxidation sites excluding steroid dienone is 1. The molecule has 1 aliphatic rings. The van der Waals surface area contributed by atoms with E-state index in [4.69, 9.17) is 9.47 Å². The first-order chi connectivity index (χ1) is 13.9. The molecular formula is C21H21BrN2O5. The third-order valence-corrected chi connectivity index (χ3v) is 5.16. The highest BCUT2D eigenvalue weighted by molar-refractivity contribution is 9.10. The normalized spacial score (nSPS) is 16.1. The summed E-state index contributed by atoms with van der Waals surface area (Å²) in [6.07, 6.45) is 0.585. The van der Waals surface area contributed by atoms with Gasteiger partial charge in [-0.05, 0) is 46.1 Å². The van der Waals surface area contributed by atoms with Gasteiger partial charge in [0.2, 0.25) is 0 Å². The van der Waals surface area contributed by atoms with Gasteiger partial charge in [-0.25, -0.2) is 9.59 Å². The molecular weight excluding hydrogens is 440 g/mol. The van der Waals surface area contributed by atoms with Crippen molar-refractivity contribution in [3.05, 3.63) is 69.3 Å². The maximum Gasteiger partial charge on any atom is 0.338 e. The number of aromatic hydroxyl groups is 1. The zero-order chi connectivity index (χ0) is 21.0. The van der Waals surface area contributed by atoms with Crippen molar-refractivity contribution in [2.45, 2.75) is 19.4 Å². The van der Waals surface area contributed by atoms with Gasteiger partial charge in [-0.15, -0.1) is 0 Å². The number of urea groups is 1. The third-order valence-electron chi connectivity index (χ3n) is 4.56. The summed E-state index contributed by atoms with van der Waals surface area (Å²) in [5.74, 6) is -0.375. The molecule has 0 spiro atoms.